The molecule has 0 saturated carbocycles. The monoisotopic (exact) mass is 440 g/mol. The van der Waals surface area contributed by atoms with E-state index < -0.39 is 0 Å². The van der Waals surface area contributed by atoms with Crippen molar-refractivity contribution in [1.29, 1.82) is 0 Å². The first kappa shape index (κ1) is 16.2. The molecule has 0 N–H and O–H groups in total. The minimum atomic E-state index is 0. The van der Waals surface area contributed by atoms with Crippen molar-refractivity contribution in [3.05, 3.63) is 97.2 Å². The number of hydrogen-bond donors (Lipinski definition) is 0. The van der Waals surface area contributed by atoms with Gasteiger partial charge in [-0.05, 0) is 0 Å². The molecule has 2 aliphatic carbocycles. The molecular formula is C16H16Th. The van der Waals surface area contributed by atoms with Gasteiger partial charge in [-0.3, -0.25) is 0 Å². The maximum absolute atomic E-state index is 2.00. The first-order valence-corrected chi connectivity index (χ1v) is 5.33. The second kappa shape index (κ2) is 13.3. The van der Waals surface area contributed by atoms with Crippen LogP contribution in [0.5, 0.6) is 0 Å². The predicted octanol–water partition coefficient (Wildman–Crippen LogP) is 4.45. The van der Waals surface area contributed by atoms with Crippen LogP contribution in [0.2, 0.25) is 0 Å². The number of rotatable bonds is 0. The van der Waals surface area contributed by atoms with Crippen molar-refractivity contribution in [1.82, 2.24) is 0 Å². The van der Waals surface area contributed by atoms with Crippen molar-refractivity contribution in [2.24, 2.45) is 0 Å². The molecule has 0 bridgehead atoms. The maximum Gasteiger partial charge on any atom is 0 e. The van der Waals surface area contributed by atoms with E-state index in [1.54, 1.807) is 0 Å². The van der Waals surface area contributed by atoms with Crippen molar-refractivity contribution in [2.75, 3.05) is 0 Å². The van der Waals surface area contributed by atoms with Gasteiger partial charge in [0.2, 0.25) is 0 Å². The van der Waals surface area contributed by atoms with Gasteiger partial charge in [0.1, 0.15) is 0 Å². The molecule has 0 aromatic rings. The van der Waals surface area contributed by atoms with Crippen LogP contribution in [0, 0.1) is 39.9 Å². The topological polar surface area (TPSA) is 0 Å². The molecule has 1 heteroatoms. The van der Waals surface area contributed by atoms with Crippen LogP contribution in [0.15, 0.2) is 97.2 Å². The summed E-state index contributed by atoms with van der Waals surface area (Å²) in [6, 6.07) is 0. The van der Waals surface area contributed by atoms with Crippen molar-refractivity contribution in [2.45, 2.75) is 0 Å². The quantitative estimate of drug-likeness (QED) is 0.522. The van der Waals surface area contributed by atoms with Crippen LogP contribution >= 0.6 is 0 Å². The Labute approximate surface area is 136 Å². The zero-order chi connectivity index (χ0) is 11.3. The third kappa shape index (κ3) is 11.5. The van der Waals surface area contributed by atoms with E-state index in [-0.39, 0.29) is 39.9 Å². The summed E-state index contributed by atoms with van der Waals surface area (Å²) in [6.45, 7) is 0. The average Bonchev–Trinajstić information content (AvgIpc) is 2.15. The Bertz CT molecular complexity index is 247. The number of hydrogen-bond acceptors (Lipinski definition) is 0. The van der Waals surface area contributed by atoms with E-state index in [4.69, 9.17) is 0 Å². The summed E-state index contributed by atoms with van der Waals surface area (Å²) < 4.78 is 0. The summed E-state index contributed by atoms with van der Waals surface area (Å²) in [5.74, 6) is 0. The largest absolute Gasteiger partial charge is 0.0623 e. The minimum Gasteiger partial charge on any atom is -0.0623 e. The summed E-state index contributed by atoms with van der Waals surface area (Å²) in [5, 5.41) is 0. The molecule has 0 aromatic carbocycles. The van der Waals surface area contributed by atoms with Gasteiger partial charge >= 0.3 is 0 Å². The van der Waals surface area contributed by atoms with Crippen LogP contribution < -0.4 is 0 Å². The summed E-state index contributed by atoms with van der Waals surface area (Å²) in [7, 11) is 0. The third-order valence-corrected chi connectivity index (χ3v) is 1.78. The van der Waals surface area contributed by atoms with Crippen molar-refractivity contribution >= 4 is 0 Å². The van der Waals surface area contributed by atoms with Crippen LogP contribution in [0.1, 0.15) is 0 Å². The Morgan fingerprint density at radius 1 is 0.176 bits per heavy atom. The van der Waals surface area contributed by atoms with E-state index in [1.165, 1.54) is 0 Å². The molecule has 0 amide bonds. The summed E-state index contributed by atoms with van der Waals surface area (Å²) >= 11 is 0. The van der Waals surface area contributed by atoms with E-state index in [0.717, 1.165) is 0 Å². The smallest absolute Gasteiger partial charge is 0 e. The van der Waals surface area contributed by atoms with Gasteiger partial charge in [0.05, 0.1) is 0 Å². The molecule has 0 radical (unpaired) electrons. The second-order valence-corrected chi connectivity index (χ2v) is 3.08. The molecule has 0 unspecified atom stereocenters. The van der Waals surface area contributed by atoms with Gasteiger partial charge in [-0.1, -0.05) is 97.2 Å². The van der Waals surface area contributed by atoms with Gasteiger partial charge in [0, 0.05) is 39.9 Å². The molecule has 0 heterocycles. The zero-order valence-electron chi connectivity index (χ0n) is 9.74. The Balaban J connectivity index is 0.000000284. The van der Waals surface area contributed by atoms with Crippen LogP contribution in [0.4, 0.5) is 0 Å². The summed E-state index contributed by atoms with van der Waals surface area (Å²) in [5.41, 5.74) is 0. The SMILES string of the molecule is C1=CC=CC=CC=C1.C1=CC=CC=CC=C1.[Th]. The van der Waals surface area contributed by atoms with E-state index in [9.17, 15) is 0 Å². The predicted molar refractivity (Wildman–Crippen MR) is 73.1 cm³/mol. The molecule has 0 aliphatic heterocycles. The van der Waals surface area contributed by atoms with E-state index >= 15 is 0 Å². The van der Waals surface area contributed by atoms with Crippen LogP contribution in [-0.4, -0.2) is 0 Å². The molecule has 0 aromatic heterocycles. The molecule has 0 atom stereocenters. The van der Waals surface area contributed by atoms with E-state index in [0.29, 0.717) is 0 Å². The molecule has 2 aliphatic rings. The van der Waals surface area contributed by atoms with Gasteiger partial charge in [-0.2, -0.15) is 0 Å². The minimum absolute atomic E-state index is 0. The average molecular weight is 440 g/mol. The normalized spacial score (nSPS) is 15.1. The van der Waals surface area contributed by atoms with E-state index in [1.807, 2.05) is 97.2 Å². The van der Waals surface area contributed by atoms with Crippen LogP contribution in [0.3, 0.4) is 0 Å². The first-order valence-electron chi connectivity index (χ1n) is 5.33. The fourth-order valence-electron chi connectivity index (χ4n) is 1.03. The molecule has 17 heavy (non-hydrogen) atoms. The molecule has 84 valence electrons. The van der Waals surface area contributed by atoms with Gasteiger partial charge in [-0.25, -0.2) is 0 Å². The molecular weight excluding hydrogens is 424 g/mol. The molecule has 0 spiro atoms. The zero-order valence-corrected chi connectivity index (χ0v) is 13.8. The second-order valence-electron chi connectivity index (χ2n) is 3.08. The standard InChI is InChI=1S/2C8H8.Th/c2*1-2-4-6-8-7-5-3-1;/h2*1-8H;. The van der Waals surface area contributed by atoms with Gasteiger partial charge in [-0.15, -0.1) is 0 Å². The van der Waals surface area contributed by atoms with Gasteiger partial charge in [0.25, 0.3) is 0 Å². The maximum atomic E-state index is 2.00. The first-order chi connectivity index (χ1) is 8.00. The molecule has 0 fully saturated rings. The van der Waals surface area contributed by atoms with Crippen molar-refractivity contribution < 1.29 is 39.9 Å². The Morgan fingerprint density at radius 2 is 0.235 bits per heavy atom. The Hall–Kier alpha value is -0.755. The van der Waals surface area contributed by atoms with Gasteiger partial charge < -0.3 is 0 Å². The fraction of sp³-hybridized carbons (Fsp3) is 0. The van der Waals surface area contributed by atoms with Crippen LogP contribution in [0.25, 0.3) is 0 Å². The van der Waals surface area contributed by atoms with Crippen molar-refractivity contribution in [3.8, 4) is 0 Å². The molecule has 0 nitrogen and oxygen atoms in total. The fourth-order valence-corrected chi connectivity index (χ4v) is 1.03. The Morgan fingerprint density at radius 3 is 0.294 bits per heavy atom. The third-order valence-electron chi connectivity index (χ3n) is 1.78. The Kier molecular flexibility index (Phi) is 12.7. The van der Waals surface area contributed by atoms with Crippen molar-refractivity contribution in [3.63, 3.8) is 0 Å². The summed E-state index contributed by atoms with van der Waals surface area (Å²) in [4.78, 5) is 0. The summed E-state index contributed by atoms with van der Waals surface area (Å²) in [6.07, 6.45) is 32.0. The van der Waals surface area contributed by atoms with E-state index in [2.05, 4.69) is 0 Å². The van der Waals surface area contributed by atoms with Crippen LogP contribution in [-0.2, 0) is 0 Å². The molecule has 2 rings (SSSR count). The van der Waals surface area contributed by atoms with Gasteiger partial charge in [0.15, 0.2) is 0 Å². The molecule has 0 saturated heterocycles. The number of allylic oxidation sites excluding steroid dienone is 16.